The summed E-state index contributed by atoms with van der Waals surface area (Å²) in [5, 5.41) is 0. The van der Waals surface area contributed by atoms with Crippen molar-refractivity contribution in [3.63, 3.8) is 0 Å². The standard InChI is InChI=1S/C13H16BrNO3S/c14-13-7-4-9-15(12(13)18-10-8-13)19(16,17)11-5-2-1-3-6-11/h1-3,5-6,12H,4,7-10H2/t12-,13-/m1/s1. The summed E-state index contributed by atoms with van der Waals surface area (Å²) in [4.78, 5) is 0.335. The van der Waals surface area contributed by atoms with Crippen molar-refractivity contribution >= 4 is 26.0 Å². The number of sulfonamides is 1. The van der Waals surface area contributed by atoms with E-state index in [4.69, 9.17) is 4.74 Å². The molecule has 2 aliphatic rings. The number of halogens is 1. The van der Waals surface area contributed by atoms with Crippen LogP contribution in [0.1, 0.15) is 19.3 Å². The number of hydrogen-bond acceptors (Lipinski definition) is 3. The second kappa shape index (κ2) is 4.84. The monoisotopic (exact) mass is 345 g/mol. The van der Waals surface area contributed by atoms with E-state index in [0.29, 0.717) is 18.0 Å². The molecule has 0 saturated carbocycles. The van der Waals surface area contributed by atoms with Gasteiger partial charge in [0, 0.05) is 6.54 Å². The Bertz CT molecular complexity index is 563. The maximum absolute atomic E-state index is 12.7. The molecule has 2 heterocycles. The van der Waals surface area contributed by atoms with E-state index in [1.807, 2.05) is 6.07 Å². The fraction of sp³-hybridized carbons (Fsp3) is 0.538. The van der Waals surface area contributed by atoms with Crippen molar-refractivity contribution in [1.82, 2.24) is 4.31 Å². The highest BCUT2D eigenvalue weighted by Crippen LogP contribution is 2.45. The first-order chi connectivity index (χ1) is 9.04. The van der Waals surface area contributed by atoms with Crippen molar-refractivity contribution in [2.75, 3.05) is 13.2 Å². The Morgan fingerprint density at radius 3 is 2.74 bits per heavy atom. The van der Waals surface area contributed by atoms with Gasteiger partial charge in [0.25, 0.3) is 0 Å². The fourth-order valence-corrected chi connectivity index (χ4v) is 5.44. The molecule has 6 heteroatoms. The number of nitrogens with zero attached hydrogens (tertiary/aromatic N) is 1. The molecule has 4 nitrogen and oxygen atoms in total. The number of fused-ring (bicyclic) bond motifs is 1. The normalized spacial score (nSPS) is 32.2. The highest BCUT2D eigenvalue weighted by atomic mass is 79.9. The number of piperidine rings is 1. The van der Waals surface area contributed by atoms with Gasteiger partial charge >= 0.3 is 0 Å². The van der Waals surface area contributed by atoms with Gasteiger partial charge < -0.3 is 4.74 Å². The van der Waals surface area contributed by atoms with Gasteiger partial charge in [-0.15, -0.1) is 0 Å². The predicted molar refractivity (Wildman–Crippen MR) is 75.6 cm³/mol. The minimum Gasteiger partial charge on any atom is -0.361 e. The lowest BCUT2D eigenvalue weighted by atomic mass is 9.96. The Labute approximate surface area is 121 Å². The van der Waals surface area contributed by atoms with Crippen molar-refractivity contribution in [3.05, 3.63) is 30.3 Å². The molecule has 1 aromatic rings. The van der Waals surface area contributed by atoms with E-state index in [2.05, 4.69) is 15.9 Å². The summed E-state index contributed by atoms with van der Waals surface area (Å²) in [5.74, 6) is 0. The predicted octanol–water partition coefficient (Wildman–Crippen LogP) is 2.35. The van der Waals surface area contributed by atoms with Crippen LogP contribution < -0.4 is 0 Å². The van der Waals surface area contributed by atoms with Crippen LogP contribution in [0.15, 0.2) is 35.2 Å². The minimum atomic E-state index is -3.48. The summed E-state index contributed by atoms with van der Waals surface area (Å²) in [6.07, 6.45) is 2.29. The molecule has 2 fully saturated rings. The van der Waals surface area contributed by atoms with E-state index >= 15 is 0 Å². The van der Waals surface area contributed by atoms with Crippen LogP contribution in [-0.2, 0) is 14.8 Å². The molecule has 0 amide bonds. The lowest BCUT2D eigenvalue weighted by molar-refractivity contribution is -0.00116. The first-order valence-corrected chi connectivity index (χ1v) is 8.65. The molecular weight excluding hydrogens is 330 g/mol. The molecule has 0 spiro atoms. The summed E-state index contributed by atoms with van der Waals surface area (Å²) >= 11 is 3.70. The van der Waals surface area contributed by atoms with Gasteiger partial charge in [0.2, 0.25) is 10.0 Å². The molecule has 0 bridgehead atoms. The smallest absolute Gasteiger partial charge is 0.245 e. The van der Waals surface area contributed by atoms with Gasteiger partial charge in [0.1, 0.15) is 6.23 Å². The molecule has 2 aliphatic heterocycles. The van der Waals surface area contributed by atoms with Crippen LogP contribution in [0.4, 0.5) is 0 Å². The SMILES string of the molecule is O=S(=O)(c1ccccc1)N1CCC[C@@]2(Br)CCO[C@@H]12. The zero-order valence-electron chi connectivity index (χ0n) is 10.5. The third-order valence-corrected chi connectivity index (χ3v) is 6.86. The molecular formula is C13H16BrNO3S. The second-order valence-corrected chi connectivity index (χ2v) is 8.51. The Balaban J connectivity index is 1.97. The van der Waals surface area contributed by atoms with Gasteiger partial charge in [0.15, 0.2) is 0 Å². The Morgan fingerprint density at radius 1 is 1.26 bits per heavy atom. The molecule has 104 valence electrons. The number of alkyl halides is 1. The average Bonchev–Trinajstić information content (AvgIpc) is 2.80. The van der Waals surface area contributed by atoms with E-state index in [-0.39, 0.29) is 10.6 Å². The average molecular weight is 346 g/mol. The summed E-state index contributed by atoms with van der Waals surface area (Å²) in [5.41, 5.74) is 0. The first kappa shape index (κ1) is 13.5. The van der Waals surface area contributed by atoms with Crippen LogP contribution in [0, 0.1) is 0 Å². The number of benzene rings is 1. The summed E-state index contributed by atoms with van der Waals surface area (Å²) < 4.78 is 32.4. The molecule has 0 N–H and O–H groups in total. The third-order valence-electron chi connectivity index (χ3n) is 3.82. The number of hydrogen-bond donors (Lipinski definition) is 0. The largest absolute Gasteiger partial charge is 0.361 e. The van der Waals surface area contributed by atoms with E-state index in [1.165, 1.54) is 4.31 Å². The number of ether oxygens (including phenoxy) is 1. The lowest BCUT2D eigenvalue weighted by Gasteiger charge is -2.40. The van der Waals surface area contributed by atoms with Crippen LogP contribution >= 0.6 is 15.9 Å². The van der Waals surface area contributed by atoms with Crippen molar-refractivity contribution in [2.45, 2.75) is 34.7 Å². The molecule has 2 saturated heterocycles. The van der Waals surface area contributed by atoms with E-state index in [1.54, 1.807) is 24.3 Å². The summed E-state index contributed by atoms with van der Waals surface area (Å²) in [6.45, 7) is 1.13. The molecule has 19 heavy (non-hydrogen) atoms. The lowest BCUT2D eigenvalue weighted by Crippen LogP contribution is -2.53. The quantitative estimate of drug-likeness (QED) is 0.773. The van der Waals surface area contributed by atoms with Gasteiger partial charge in [-0.2, -0.15) is 4.31 Å². The van der Waals surface area contributed by atoms with Crippen molar-refractivity contribution < 1.29 is 13.2 Å². The summed E-state index contributed by atoms with van der Waals surface area (Å²) in [7, 11) is -3.48. The maximum Gasteiger partial charge on any atom is 0.245 e. The summed E-state index contributed by atoms with van der Waals surface area (Å²) in [6, 6.07) is 8.57. The van der Waals surface area contributed by atoms with Crippen LogP contribution in [0.2, 0.25) is 0 Å². The first-order valence-electron chi connectivity index (χ1n) is 6.41. The van der Waals surface area contributed by atoms with Crippen LogP contribution in [0.5, 0.6) is 0 Å². The molecule has 2 atom stereocenters. The van der Waals surface area contributed by atoms with Crippen molar-refractivity contribution in [3.8, 4) is 0 Å². The third kappa shape index (κ3) is 2.24. The van der Waals surface area contributed by atoms with Gasteiger partial charge in [0.05, 0.1) is 15.8 Å². The van der Waals surface area contributed by atoms with Gasteiger partial charge in [-0.1, -0.05) is 34.1 Å². The van der Waals surface area contributed by atoms with Crippen LogP contribution in [-0.4, -0.2) is 36.4 Å². The van der Waals surface area contributed by atoms with Crippen LogP contribution in [0.3, 0.4) is 0 Å². The zero-order chi connectivity index (χ0) is 13.5. The topological polar surface area (TPSA) is 46.6 Å². The van der Waals surface area contributed by atoms with E-state index < -0.39 is 10.0 Å². The van der Waals surface area contributed by atoms with Gasteiger partial charge in [-0.3, -0.25) is 0 Å². The molecule has 0 aromatic heterocycles. The minimum absolute atomic E-state index is 0.215. The Hall–Kier alpha value is -0.430. The highest BCUT2D eigenvalue weighted by Gasteiger charge is 2.51. The maximum atomic E-state index is 12.7. The van der Waals surface area contributed by atoms with Crippen molar-refractivity contribution in [1.29, 1.82) is 0 Å². The van der Waals surface area contributed by atoms with E-state index in [9.17, 15) is 8.42 Å². The molecule has 1 aromatic carbocycles. The second-order valence-electron chi connectivity index (χ2n) is 5.04. The Morgan fingerprint density at radius 2 is 2.00 bits per heavy atom. The molecule has 0 aliphatic carbocycles. The van der Waals surface area contributed by atoms with E-state index in [0.717, 1.165) is 19.3 Å². The van der Waals surface area contributed by atoms with Crippen LogP contribution in [0.25, 0.3) is 0 Å². The number of rotatable bonds is 2. The van der Waals surface area contributed by atoms with Gasteiger partial charge in [-0.05, 0) is 31.4 Å². The highest BCUT2D eigenvalue weighted by molar-refractivity contribution is 9.10. The zero-order valence-corrected chi connectivity index (χ0v) is 12.9. The van der Waals surface area contributed by atoms with Gasteiger partial charge in [-0.25, -0.2) is 8.42 Å². The Kier molecular flexibility index (Phi) is 3.45. The molecule has 3 rings (SSSR count). The van der Waals surface area contributed by atoms with Crippen molar-refractivity contribution in [2.24, 2.45) is 0 Å². The fourth-order valence-electron chi connectivity index (χ4n) is 2.82. The molecule has 0 unspecified atom stereocenters. The molecule has 0 radical (unpaired) electrons.